The van der Waals surface area contributed by atoms with Gasteiger partial charge >= 0.3 is 6.03 Å². The Bertz CT molecular complexity index is 427. The summed E-state index contributed by atoms with van der Waals surface area (Å²) in [5, 5.41) is 4.35. The molecule has 104 valence electrons. The smallest absolute Gasteiger partial charge is 0.314 e. The number of primary amides is 1. The second-order valence-corrected chi connectivity index (χ2v) is 5.48. The van der Waals surface area contributed by atoms with E-state index in [2.05, 4.69) is 12.2 Å². The third-order valence-electron chi connectivity index (χ3n) is 3.66. The van der Waals surface area contributed by atoms with Gasteiger partial charge in [-0.15, -0.1) is 0 Å². The van der Waals surface area contributed by atoms with Crippen LogP contribution in [0, 0.1) is 0 Å². The predicted octanol–water partition coefficient (Wildman–Crippen LogP) is 2.53. The maximum Gasteiger partial charge on any atom is 0.314 e. The molecule has 0 bridgehead atoms. The van der Waals surface area contributed by atoms with Crippen LogP contribution in [0.5, 0.6) is 0 Å². The molecule has 0 saturated carbocycles. The molecule has 3 N–H and O–H groups in total. The van der Waals surface area contributed by atoms with Crippen LogP contribution in [-0.2, 0) is 0 Å². The molecule has 0 radical (unpaired) electrons. The fourth-order valence-corrected chi connectivity index (χ4v) is 2.59. The van der Waals surface area contributed by atoms with Crippen molar-refractivity contribution >= 4 is 17.6 Å². The SMILES string of the molecule is CC(NC1CCN(C(N)=O)CC1)c1ccc(Cl)cc1. The lowest BCUT2D eigenvalue weighted by molar-refractivity contribution is 0.183. The monoisotopic (exact) mass is 281 g/mol. The van der Waals surface area contributed by atoms with Gasteiger partial charge in [-0.25, -0.2) is 4.79 Å². The van der Waals surface area contributed by atoms with Gasteiger partial charge in [-0.05, 0) is 37.5 Å². The van der Waals surface area contributed by atoms with Crippen molar-refractivity contribution in [3.63, 3.8) is 0 Å². The zero-order valence-corrected chi connectivity index (χ0v) is 11.9. The Morgan fingerprint density at radius 3 is 2.47 bits per heavy atom. The van der Waals surface area contributed by atoms with Crippen molar-refractivity contribution in [3.8, 4) is 0 Å². The highest BCUT2D eigenvalue weighted by Crippen LogP contribution is 2.19. The minimum Gasteiger partial charge on any atom is -0.351 e. The molecule has 1 heterocycles. The van der Waals surface area contributed by atoms with E-state index in [-0.39, 0.29) is 12.1 Å². The van der Waals surface area contributed by atoms with E-state index >= 15 is 0 Å². The Balaban J connectivity index is 1.85. The van der Waals surface area contributed by atoms with Crippen LogP contribution in [0.1, 0.15) is 31.4 Å². The number of hydrogen-bond donors (Lipinski definition) is 2. The molecule has 1 unspecified atom stereocenters. The Kier molecular flexibility index (Phi) is 4.66. The molecule has 19 heavy (non-hydrogen) atoms. The van der Waals surface area contributed by atoms with Crippen LogP contribution in [-0.4, -0.2) is 30.1 Å². The van der Waals surface area contributed by atoms with E-state index in [1.165, 1.54) is 5.56 Å². The van der Waals surface area contributed by atoms with E-state index in [0.717, 1.165) is 31.0 Å². The largest absolute Gasteiger partial charge is 0.351 e. The Hall–Kier alpha value is -1.26. The Morgan fingerprint density at radius 2 is 1.95 bits per heavy atom. The topological polar surface area (TPSA) is 58.4 Å². The normalized spacial score (nSPS) is 18.3. The van der Waals surface area contributed by atoms with Crippen molar-refractivity contribution in [2.75, 3.05) is 13.1 Å². The van der Waals surface area contributed by atoms with Crippen molar-refractivity contribution in [2.45, 2.75) is 31.8 Å². The molecule has 0 aromatic heterocycles. The number of piperidine rings is 1. The maximum absolute atomic E-state index is 11.1. The molecule has 1 aromatic carbocycles. The molecule has 1 aliphatic rings. The number of urea groups is 1. The van der Waals surface area contributed by atoms with E-state index < -0.39 is 0 Å². The lowest BCUT2D eigenvalue weighted by atomic mass is 10.0. The van der Waals surface area contributed by atoms with Crippen molar-refractivity contribution in [1.29, 1.82) is 0 Å². The van der Waals surface area contributed by atoms with Crippen molar-refractivity contribution in [2.24, 2.45) is 5.73 Å². The Labute approximate surface area is 118 Å². The van der Waals surface area contributed by atoms with Gasteiger partial charge in [-0.2, -0.15) is 0 Å². The van der Waals surface area contributed by atoms with E-state index in [1.54, 1.807) is 4.90 Å². The third-order valence-corrected chi connectivity index (χ3v) is 3.91. The summed E-state index contributed by atoms with van der Waals surface area (Å²) in [6.07, 6.45) is 1.89. The fourth-order valence-electron chi connectivity index (χ4n) is 2.47. The fraction of sp³-hybridized carbons (Fsp3) is 0.500. The lowest BCUT2D eigenvalue weighted by Gasteiger charge is -2.33. The molecule has 5 heteroatoms. The van der Waals surface area contributed by atoms with Gasteiger partial charge in [0, 0.05) is 30.2 Å². The molecule has 0 aliphatic carbocycles. The average molecular weight is 282 g/mol. The number of nitrogens with zero attached hydrogens (tertiary/aromatic N) is 1. The highest BCUT2D eigenvalue weighted by Gasteiger charge is 2.22. The summed E-state index contributed by atoms with van der Waals surface area (Å²) in [6, 6.07) is 8.29. The summed E-state index contributed by atoms with van der Waals surface area (Å²) in [7, 11) is 0. The van der Waals surface area contributed by atoms with Crippen LogP contribution >= 0.6 is 11.6 Å². The highest BCUT2D eigenvalue weighted by atomic mass is 35.5. The van der Waals surface area contributed by atoms with Crippen LogP contribution in [0.15, 0.2) is 24.3 Å². The number of amides is 2. The molecule has 1 aromatic rings. The minimum absolute atomic E-state index is 0.280. The number of benzene rings is 1. The van der Waals surface area contributed by atoms with Crippen molar-refractivity contribution < 1.29 is 4.79 Å². The van der Waals surface area contributed by atoms with E-state index in [1.807, 2.05) is 24.3 Å². The molecule has 2 amide bonds. The average Bonchev–Trinajstić information content (AvgIpc) is 2.40. The van der Waals surface area contributed by atoms with Gasteiger partial charge in [0.25, 0.3) is 0 Å². The number of carbonyl (C=O) groups excluding carboxylic acids is 1. The lowest BCUT2D eigenvalue weighted by Crippen LogP contribution is -2.47. The predicted molar refractivity (Wildman–Crippen MR) is 77.2 cm³/mol. The van der Waals surface area contributed by atoms with Crippen LogP contribution in [0.2, 0.25) is 5.02 Å². The second-order valence-electron chi connectivity index (χ2n) is 5.04. The molecule has 1 aliphatic heterocycles. The summed E-state index contributed by atoms with van der Waals surface area (Å²) < 4.78 is 0. The summed E-state index contributed by atoms with van der Waals surface area (Å²) in [6.45, 7) is 3.62. The van der Waals surface area contributed by atoms with E-state index in [4.69, 9.17) is 17.3 Å². The standard InChI is InChI=1S/C14H20ClN3O/c1-10(11-2-4-12(15)5-3-11)17-13-6-8-18(9-7-13)14(16)19/h2-5,10,13,17H,6-9H2,1H3,(H2,16,19). The first-order chi connectivity index (χ1) is 9.06. The van der Waals surface area contributed by atoms with Gasteiger partial charge in [0.05, 0.1) is 0 Å². The van der Waals surface area contributed by atoms with Gasteiger partial charge in [0.2, 0.25) is 0 Å². The highest BCUT2D eigenvalue weighted by molar-refractivity contribution is 6.30. The molecular formula is C14H20ClN3O. The number of likely N-dealkylation sites (tertiary alicyclic amines) is 1. The molecule has 1 saturated heterocycles. The molecule has 4 nitrogen and oxygen atoms in total. The number of carbonyl (C=O) groups is 1. The summed E-state index contributed by atoms with van der Waals surface area (Å²) in [4.78, 5) is 12.8. The number of hydrogen-bond acceptors (Lipinski definition) is 2. The first-order valence-corrected chi connectivity index (χ1v) is 7.00. The second kappa shape index (κ2) is 6.26. The number of nitrogens with one attached hydrogen (secondary N) is 1. The van der Waals surface area contributed by atoms with Crippen LogP contribution in [0.3, 0.4) is 0 Å². The van der Waals surface area contributed by atoms with Crippen molar-refractivity contribution in [3.05, 3.63) is 34.9 Å². The quantitative estimate of drug-likeness (QED) is 0.894. The van der Waals surface area contributed by atoms with Gasteiger partial charge in [0.15, 0.2) is 0 Å². The van der Waals surface area contributed by atoms with Gasteiger partial charge in [-0.1, -0.05) is 23.7 Å². The van der Waals surface area contributed by atoms with Crippen LogP contribution in [0.4, 0.5) is 4.79 Å². The first kappa shape index (κ1) is 14.2. The summed E-state index contributed by atoms with van der Waals surface area (Å²) in [5.74, 6) is 0. The molecular weight excluding hydrogens is 262 g/mol. The molecule has 1 atom stereocenters. The maximum atomic E-state index is 11.1. The third kappa shape index (κ3) is 3.85. The van der Waals surface area contributed by atoms with Gasteiger partial charge < -0.3 is 16.0 Å². The van der Waals surface area contributed by atoms with E-state index in [0.29, 0.717) is 6.04 Å². The number of nitrogens with two attached hydrogens (primary N) is 1. The summed E-state index contributed by atoms with van der Waals surface area (Å²) in [5.41, 5.74) is 6.50. The van der Waals surface area contributed by atoms with Crippen molar-refractivity contribution in [1.82, 2.24) is 10.2 Å². The van der Waals surface area contributed by atoms with Crippen LogP contribution < -0.4 is 11.1 Å². The molecule has 1 fully saturated rings. The van der Waals surface area contributed by atoms with Gasteiger partial charge in [0.1, 0.15) is 0 Å². The summed E-state index contributed by atoms with van der Waals surface area (Å²) >= 11 is 5.88. The van der Waals surface area contributed by atoms with E-state index in [9.17, 15) is 4.79 Å². The number of rotatable bonds is 3. The van der Waals surface area contributed by atoms with Gasteiger partial charge in [-0.3, -0.25) is 0 Å². The zero-order valence-electron chi connectivity index (χ0n) is 11.1. The Morgan fingerprint density at radius 1 is 1.37 bits per heavy atom. The molecule has 0 spiro atoms. The first-order valence-electron chi connectivity index (χ1n) is 6.62. The minimum atomic E-state index is -0.316. The zero-order chi connectivity index (χ0) is 13.8. The number of halogens is 1. The molecule has 2 rings (SSSR count). The van der Waals surface area contributed by atoms with Crippen LogP contribution in [0.25, 0.3) is 0 Å².